The van der Waals surface area contributed by atoms with Gasteiger partial charge in [-0.1, -0.05) is 11.6 Å². The summed E-state index contributed by atoms with van der Waals surface area (Å²) in [5, 5.41) is 6.91. The molecule has 2 rings (SSSR count). The topological polar surface area (TPSA) is 49.3 Å². The van der Waals surface area contributed by atoms with Gasteiger partial charge in [-0.15, -0.1) is 0 Å². The lowest BCUT2D eigenvalue weighted by atomic mass is 10.4. The van der Waals surface area contributed by atoms with Crippen molar-refractivity contribution in [3.05, 3.63) is 23.4 Å². The molecule has 0 spiro atoms. The Balaban J connectivity index is 1.94. The third kappa shape index (κ3) is 2.14. The highest BCUT2D eigenvalue weighted by molar-refractivity contribution is 6.32. The maximum absolute atomic E-state index is 5.92. The van der Waals surface area contributed by atoms with Gasteiger partial charge in [0, 0.05) is 12.7 Å². The molecule has 1 aromatic heterocycles. The van der Waals surface area contributed by atoms with Crippen LogP contribution in [-0.4, -0.2) is 30.5 Å². The molecule has 14 heavy (non-hydrogen) atoms. The van der Waals surface area contributed by atoms with E-state index in [2.05, 4.69) is 20.6 Å². The van der Waals surface area contributed by atoms with Crippen LogP contribution in [0.1, 0.15) is 0 Å². The Bertz CT molecular complexity index is 350. The second-order valence-electron chi connectivity index (χ2n) is 2.94. The van der Waals surface area contributed by atoms with Crippen LogP contribution in [0.2, 0.25) is 5.02 Å². The fraction of sp³-hybridized carbons (Fsp3) is 0.333. The van der Waals surface area contributed by atoms with Crippen molar-refractivity contribution in [3.63, 3.8) is 0 Å². The zero-order valence-corrected chi connectivity index (χ0v) is 8.38. The van der Waals surface area contributed by atoms with E-state index < -0.39 is 0 Å². The summed E-state index contributed by atoms with van der Waals surface area (Å²) < 4.78 is 0. The van der Waals surface area contributed by atoms with Gasteiger partial charge in [0.25, 0.3) is 0 Å². The van der Waals surface area contributed by atoms with Gasteiger partial charge in [0.1, 0.15) is 11.7 Å². The highest BCUT2D eigenvalue weighted by atomic mass is 35.5. The Labute approximate surface area is 87.4 Å². The summed E-state index contributed by atoms with van der Waals surface area (Å²) in [6, 6.07) is 3.61. The molecule has 4 nitrogen and oxygen atoms in total. The van der Waals surface area contributed by atoms with Gasteiger partial charge in [-0.3, -0.25) is 4.99 Å². The molecule has 0 aliphatic carbocycles. The van der Waals surface area contributed by atoms with Gasteiger partial charge in [-0.2, -0.15) is 0 Å². The number of pyridine rings is 1. The molecular weight excluding hydrogens is 200 g/mol. The summed E-state index contributed by atoms with van der Waals surface area (Å²) in [6.07, 6.45) is 1.71. The Hall–Kier alpha value is -1.29. The molecule has 0 saturated carbocycles. The highest BCUT2D eigenvalue weighted by Crippen LogP contribution is 2.16. The van der Waals surface area contributed by atoms with Gasteiger partial charge in [0.2, 0.25) is 0 Å². The van der Waals surface area contributed by atoms with Crippen LogP contribution in [-0.2, 0) is 0 Å². The molecule has 0 aromatic carbocycles. The summed E-state index contributed by atoms with van der Waals surface area (Å²) in [4.78, 5) is 8.37. The largest absolute Gasteiger partial charge is 0.370 e. The monoisotopic (exact) mass is 210 g/mol. The fourth-order valence-electron chi connectivity index (χ4n) is 1.25. The van der Waals surface area contributed by atoms with Gasteiger partial charge in [0.15, 0.2) is 0 Å². The number of aromatic nitrogens is 1. The zero-order chi connectivity index (χ0) is 9.80. The van der Waals surface area contributed by atoms with Gasteiger partial charge < -0.3 is 10.6 Å². The predicted molar refractivity (Wildman–Crippen MR) is 58.0 cm³/mol. The lowest BCUT2D eigenvalue weighted by Gasteiger charge is -2.06. The quantitative estimate of drug-likeness (QED) is 0.787. The van der Waals surface area contributed by atoms with Crippen LogP contribution in [0.5, 0.6) is 0 Å². The molecule has 2 heterocycles. The minimum Gasteiger partial charge on any atom is -0.370 e. The van der Waals surface area contributed by atoms with Crippen molar-refractivity contribution in [2.45, 2.75) is 0 Å². The number of hydrogen-bond donors (Lipinski definition) is 2. The first-order chi connectivity index (χ1) is 6.86. The summed E-state index contributed by atoms with van der Waals surface area (Å²) in [7, 11) is 0. The maximum Gasteiger partial charge on any atom is 0.145 e. The summed E-state index contributed by atoms with van der Waals surface area (Å²) in [5.41, 5.74) is 0. The molecule has 1 aliphatic heterocycles. The van der Waals surface area contributed by atoms with E-state index in [0.29, 0.717) is 17.4 Å². The molecular formula is C9H11ClN4. The third-order valence-electron chi connectivity index (χ3n) is 1.93. The second-order valence-corrected chi connectivity index (χ2v) is 3.35. The van der Waals surface area contributed by atoms with E-state index in [-0.39, 0.29) is 0 Å². The summed E-state index contributed by atoms with van der Waals surface area (Å²) in [6.45, 7) is 2.43. The van der Waals surface area contributed by atoms with Crippen LogP contribution in [0.15, 0.2) is 23.3 Å². The first-order valence-corrected chi connectivity index (χ1v) is 4.85. The number of halogens is 1. The molecule has 0 radical (unpaired) electrons. The maximum atomic E-state index is 5.92. The van der Waals surface area contributed by atoms with Crippen LogP contribution in [0.25, 0.3) is 0 Å². The number of amidine groups is 1. The summed E-state index contributed by atoms with van der Waals surface area (Å²) in [5.74, 6) is 1.66. The molecule has 1 aromatic rings. The van der Waals surface area contributed by atoms with Crippen LogP contribution in [0.4, 0.5) is 5.82 Å². The molecule has 0 fully saturated rings. The van der Waals surface area contributed by atoms with E-state index in [1.54, 1.807) is 18.3 Å². The smallest absolute Gasteiger partial charge is 0.145 e. The first-order valence-electron chi connectivity index (χ1n) is 4.48. The van der Waals surface area contributed by atoms with E-state index in [4.69, 9.17) is 11.6 Å². The predicted octanol–water partition coefficient (Wildman–Crippen LogP) is 1.15. The van der Waals surface area contributed by atoms with Crippen molar-refractivity contribution in [2.24, 2.45) is 4.99 Å². The van der Waals surface area contributed by atoms with E-state index in [9.17, 15) is 0 Å². The summed E-state index contributed by atoms with van der Waals surface area (Å²) >= 11 is 5.92. The minimum atomic E-state index is 0.631. The molecule has 0 saturated heterocycles. The molecule has 0 amide bonds. The van der Waals surface area contributed by atoms with Crippen LogP contribution in [0.3, 0.4) is 0 Å². The highest BCUT2D eigenvalue weighted by Gasteiger charge is 2.05. The molecule has 2 N–H and O–H groups in total. The lowest BCUT2D eigenvalue weighted by molar-refractivity contribution is 0.955. The van der Waals surface area contributed by atoms with E-state index >= 15 is 0 Å². The Morgan fingerprint density at radius 3 is 3.21 bits per heavy atom. The number of rotatable bonds is 3. The van der Waals surface area contributed by atoms with Crippen LogP contribution >= 0.6 is 11.6 Å². The number of nitrogens with zero attached hydrogens (tertiary/aromatic N) is 2. The average molecular weight is 211 g/mol. The first kappa shape index (κ1) is 9.27. The SMILES string of the molecule is Clc1cccnc1NCC1=NCCN1. The van der Waals surface area contributed by atoms with E-state index in [0.717, 1.165) is 18.9 Å². The van der Waals surface area contributed by atoms with Gasteiger partial charge in [-0.25, -0.2) is 4.98 Å². The Morgan fingerprint density at radius 2 is 2.50 bits per heavy atom. The third-order valence-corrected chi connectivity index (χ3v) is 2.23. The van der Waals surface area contributed by atoms with Crippen molar-refractivity contribution in [1.82, 2.24) is 10.3 Å². The molecule has 74 valence electrons. The average Bonchev–Trinajstić information content (AvgIpc) is 2.69. The van der Waals surface area contributed by atoms with Gasteiger partial charge >= 0.3 is 0 Å². The molecule has 0 unspecified atom stereocenters. The lowest BCUT2D eigenvalue weighted by Crippen LogP contribution is -2.26. The van der Waals surface area contributed by atoms with Crippen LogP contribution in [0, 0.1) is 0 Å². The molecule has 0 atom stereocenters. The number of aliphatic imine (C=N–C) groups is 1. The molecule has 1 aliphatic rings. The minimum absolute atomic E-state index is 0.631. The molecule has 5 heteroatoms. The number of anilines is 1. The second kappa shape index (κ2) is 4.28. The Kier molecular flexibility index (Phi) is 2.84. The normalized spacial score (nSPS) is 14.8. The zero-order valence-electron chi connectivity index (χ0n) is 7.63. The van der Waals surface area contributed by atoms with Crippen molar-refractivity contribution < 1.29 is 0 Å². The standard InChI is InChI=1S/C9H11ClN4/c10-7-2-1-3-13-9(7)14-6-8-11-4-5-12-8/h1-3H,4-6H2,(H,11,12)(H,13,14). The van der Waals surface area contributed by atoms with Crippen molar-refractivity contribution in [3.8, 4) is 0 Å². The van der Waals surface area contributed by atoms with Crippen molar-refractivity contribution >= 4 is 23.3 Å². The van der Waals surface area contributed by atoms with Crippen molar-refractivity contribution in [2.75, 3.05) is 25.0 Å². The van der Waals surface area contributed by atoms with E-state index in [1.807, 2.05) is 0 Å². The number of nitrogens with one attached hydrogen (secondary N) is 2. The van der Waals surface area contributed by atoms with E-state index in [1.165, 1.54) is 0 Å². The molecule has 0 bridgehead atoms. The fourth-order valence-corrected chi connectivity index (χ4v) is 1.44. The number of hydrogen-bond acceptors (Lipinski definition) is 4. The Morgan fingerprint density at radius 1 is 1.57 bits per heavy atom. The van der Waals surface area contributed by atoms with Crippen molar-refractivity contribution in [1.29, 1.82) is 0 Å². The van der Waals surface area contributed by atoms with Gasteiger partial charge in [-0.05, 0) is 12.1 Å². The van der Waals surface area contributed by atoms with Crippen LogP contribution < -0.4 is 10.6 Å². The van der Waals surface area contributed by atoms with Gasteiger partial charge in [0.05, 0.1) is 18.1 Å².